The van der Waals surface area contributed by atoms with E-state index in [0.29, 0.717) is 11.5 Å². The normalized spacial score (nSPS) is 23.2. The van der Waals surface area contributed by atoms with Crippen LogP contribution < -0.4 is 10.1 Å². The predicted molar refractivity (Wildman–Crippen MR) is 126 cm³/mol. The molecular formula is C24H35N3O5S. The van der Waals surface area contributed by atoms with Crippen molar-refractivity contribution in [1.29, 1.82) is 0 Å². The summed E-state index contributed by atoms with van der Waals surface area (Å²) in [6.07, 6.45) is 1.74. The maximum Gasteiger partial charge on any atom is 0.317 e. The van der Waals surface area contributed by atoms with Gasteiger partial charge in [0.15, 0.2) is 0 Å². The molecule has 3 atom stereocenters. The first-order chi connectivity index (χ1) is 15.5. The highest BCUT2D eigenvalue weighted by atomic mass is 32.2. The average molecular weight is 478 g/mol. The van der Waals surface area contributed by atoms with E-state index in [-0.39, 0.29) is 48.3 Å². The molecule has 1 aliphatic carbocycles. The molecule has 2 N–H and O–H groups in total. The van der Waals surface area contributed by atoms with Gasteiger partial charge in [-0.25, -0.2) is 13.2 Å². The molecule has 1 heterocycles. The number of benzene rings is 1. The van der Waals surface area contributed by atoms with Crippen molar-refractivity contribution in [3.8, 4) is 17.6 Å². The van der Waals surface area contributed by atoms with Crippen molar-refractivity contribution in [2.45, 2.75) is 63.6 Å². The molecule has 2 amide bonds. The second-order valence-corrected chi connectivity index (χ2v) is 11.3. The van der Waals surface area contributed by atoms with Crippen molar-refractivity contribution in [1.82, 2.24) is 14.5 Å². The summed E-state index contributed by atoms with van der Waals surface area (Å²) >= 11 is 0. The number of aliphatic hydroxyl groups is 1. The average Bonchev–Trinajstić information content (AvgIpc) is 3.58. The van der Waals surface area contributed by atoms with Gasteiger partial charge in [0.25, 0.3) is 0 Å². The summed E-state index contributed by atoms with van der Waals surface area (Å²) in [5, 5.41) is 12.6. The molecule has 3 rings (SSSR count). The Hall–Kier alpha value is -2.28. The number of nitrogens with zero attached hydrogens (tertiary/aromatic N) is 2. The fourth-order valence-electron chi connectivity index (χ4n) is 3.64. The first-order valence-corrected chi connectivity index (χ1v) is 12.9. The molecule has 0 bridgehead atoms. The van der Waals surface area contributed by atoms with Gasteiger partial charge in [0.1, 0.15) is 16.7 Å². The number of sulfonamides is 1. The summed E-state index contributed by atoms with van der Waals surface area (Å²) in [7, 11) is -2.21. The van der Waals surface area contributed by atoms with E-state index in [1.165, 1.54) is 10.4 Å². The van der Waals surface area contributed by atoms with Crippen LogP contribution in [0.3, 0.4) is 0 Å². The lowest BCUT2D eigenvalue weighted by molar-refractivity contribution is 0.0809. The van der Waals surface area contributed by atoms with Gasteiger partial charge in [-0.15, -0.1) is 0 Å². The largest absolute Gasteiger partial charge is 0.487 e. The van der Waals surface area contributed by atoms with Gasteiger partial charge in [0.2, 0.25) is 10.0 Å². The Morgan fingerprint density at radius 2 is 2.03 bits per heavy atom. The second-order valence-electron chi connectivity index (χ2n) is 9.43. The van der Waals surface area contributed by atoms with E-state index >= 15 is 0 Å². The number of hydrogen-bond acceptors (Lipinski definition) is 5. The molecular weight excluding hydrogens is 442 g/mol. The number of aliphatic hydroxyl groups excluding tert-OH is 1. The van der Waals surface area contributed by atoms with Gasteiger partial charge in [-0.2, -0.15) is 4.31 Å². The number of rotatable bonds is 5. The van der Waals surface area contributed by atoms with Crippen LogP contribution in [0, 0.1) is 23.7 Å². The maximum absolute atomic E-state index is 13.5. The van der Waals surface area contributed by atoms with Crippen molar-refractivity contribution in [3.05, 3.63) is 23.8 Å². The maximum atomic E-state index is 13.5. The van der Waals surface area contributed by atoms with E-state index in [4.69, 9.17) is 4.74 Å². The van der Waals surface area contributed by atoms with Crippen molar-refractivity contribution in [3.63, 3.8) is 0 Å². The van der Waals surface area contributed by atoms with Crippen LogP contribution in [0.15, 0.2) is 23.1 Å². The molecule has 1 aliphatic heterocycles. The Morgan fingerprint density at radius 3 is 2.64 bits per heavy atom. The van der Waals surface area contributed by atoms with Crippen molar-refractivity contribution >= 4 is 16.1 Å². The van der Waals surface area contributed by atoms with Crippen LogP contribution in [-0.4, -0.2) is 73.7 Å². The zero-order valence-corrected chi connectivity index (χ0v) is 20.9. The monoisotopic (exact) mass is 477 g/mol. The minimum absolute atomic E-state index is 0.00464. The third-order valence-electron chi connectivity index (χ3n) is 5.88. The Morgan fingerprint density at radius 1 is 1.33 bits per heavy atom. The first kappa shape index (κ1) is 25.3. The molecule has 1 saturated carbocycles. The zero-order chi connectivity index (χ0) is 24.3. The molecule has 0 saturated heterocycles. The molecule has 182 valence electrons. The lowest BCUT2D eigenvalue weighted by atomic mass is 10.0. The summed E-state index contributed by atoms with van der Waals surface area (Å²) in [6.45, 7) is 7.50. The third-order valence-corrected chi connectivity index (χ3v) is 7.90. The molecule has 0 aromatic heterocycles. The van der Waals surface area contributed by atoms with E-state index in [2.05, 4.69) is 17.2 Å². The van der Waals surface area contributed by atoms with Gasteiger partial charge in [-0.1, -0.05) is 18.8 Å². The Balaban J connectivity index is 1.99. The van der Waals surface area contributed by atoms with Crippen LogP contribution in [0.25, 0.3) is 0 Å². The van der Waals surface area contributed by atoms with E-state index in [1.54, 1.807) is 31.0 Å². The lowest BCUT2D eigenvalue weighted by Crippen LogP contribution is -2.51. The minimum atomic E-state index is -3.90. The lowest BCUT2D eigenvalue weighted by Gasteiger charge is -2.37. The van der Waals surface area contributed by atoms with Crippen LogP contribution in [0.2, 0.25) is 0 Å². The number of nitrogens with one attached hydrogen (secondary N) is 1. The molecule has 2 aliphatic rings. The summed E-state index contributed by atoms with van der Waals surface area (Å²) < 4.78 is 34.6. The predicted octanol–water partition coefficient (Wildman–Crippen LogP) is 2.27. The number of hydrogen-bond donors (Lipinski definition) is 2. The standard InChI is InChI=1S/C24H35N3O5S/c1-16(2)25-24(29)26(5)14-22-17(3)13-27(18(4)15-28)33(30,31)23-11-10-20(12-21(23)32-22)9-8-19-6-7-19/h10-12,16-19,22,28H,6-7,13-15H2,1-5H3,(H,25,29)/t17-,18+,22-/m0/s1. The number of carbonyl (C=O) groups excluding carboxylic acids is 1. The topological polar surface area (TPSA) is 99.2 Å². The molecule has 9 heteroatoms. The third kappa shape index (κ3) is 6.19. The molecule has 1 aromatic rings. The van der Waals surface area contributed by atoms with Crippen LogP contribution in [-0.2, 0) is 10.0 Å². The van der Waals surface area contributed by atoms with Crippen LogP contribution in [0.1, 0.15) is 46.1 Å². The molecule has 1 fully saturated rings. The SMILES string of the molecule is CC(C)NC(=O)N(C)C[C@@H]1Oc2cc(C#CC3CC3)ccc2S(=O)(=O)N([C@H](C)CO)C[C@@H]1C. The fraction of sp³-hybridized carbons (Fsp3) is 0.625. The van der Waals surface area contributed by atoms with Crippen LogP contribution in [0.5, 0.6) is 5.75 Å². The highest BCUT2D eigenvalue weighted by molar-refractivity contribution is 7.89. The van der Waals surface area contributed by atoms with Crippen LogP contribution in [0.4, 0.5) is 4.79 Å². The number of urea groups is 1. The molecule has 0 radical (unpaired) electrons. The van der Waals surface area contributed by atoms with E-state index in [0.717, 1.165) is 12.8 Å². The number of amides is 2. The Labute approximate surface area is 197 Å². The summed E-state index contributed by atoms with van der Waals surface area (Å²) in [5.74, 6) is 6.71. The van der Waals surface area contributed by atoms with E-state index < -0.39 is 22.2 Å². The smallest absolute Gasteiger partial charge is 0.317 e. The van der Waals surface area contributed by atoms with Gasteiger partial charge >= 0.3 is 6.03 Å². The summed E-state index contributed by atoms with van der Waals surface area (Å²) in [5.41, 5.74) is 0.690. The highest BCUT2D eigenvalue weighted by Crippen LogP contribution is 2.34. The second kappa shape index (κ2) is 10.3. The molecule has 33 heavy (non-hydrogen) atoms. The van der Waals surface area contributed by atoms with Gasteiger partial charge in [-0.3, -0.25) is 0 Å². The summed E-state index contributed by atoms with van der Waals surface area (Å²) in [6, 6.07) is 4.07. The van der Waals surface area contributed by atoms with E-state index in [1.807, 2.05) is 20.8 Å². The van der Waals surface area contributed by atoms with E-state index in [9.17, 15) is 18.3 Å². The molecule has 1 aromatic carbocycles. The molecule has 0 spiro atoms. The first-order valence-electron chi connectivity index (χ1n) is 11.5. The van der Waals surface area contributed by atoms with Gasteiger partial charge < -0.3 is 20.1 Å². The summed E-state index contributed by atoms with van der Waals surface area (Å²) in [4.78, 5) is 14.1. The zero-order valence-electron chi connectivity index (χ0n) is 20.0. The minimum Gasteiger partial charge on any atom is -0.487 e. The van der Waals surface area contributed by atoms with Crippen LogP contribution >= 0.6 is 0 Å². The quantitative estimate of drug-likeness (QED) is 0.634. The van der Waals surface area contributed by atoms with Gasteiger partial charge in [-0.05, 0) is 51.8 Å². The number of ether oxygens (including phenoxy) is 1. The fourth-order valence-corrected chi connectivity index (χ4v) is 5.47. The number of likely N-dealkylation sites (N-methyl/N-ethyl adjacent to an activating group) is 1. The van der Waals surface area contributed by atoms with Crippen molar-refractivity contribution in [2.24, 2.45) is 11.8 Å². The molecule has 8 nitrogen and oxygen atoms in total. The number of carbonyl (C=O) groups is 1. The Kier molecular flexibility index (Phi) is 7.93. The van der Waals surface area contributed by atoms with Gasteiger partial charge in [0.05, 0.1) is 13.2 Å². The Bertz CT molecular complexity index is 1030. The number of fused-ring (bicyclic) bond motifs is 1. The van der Waals surface area contributed by atoms with Crippen molar-refractivity contribution in [2.75, 3.05) is 26.7 Å². The van der Waals surface area contributed by atoms with Gasteiger partial charge in [0, 0.05) is 43.1 Å². The highest BCUT2D eigenvalue weighted by Gasteiger charge is 2.38. The van der Waals surface area contributed by atoms with Crippen molar-refractivity contribution < 1.29 is 23.1 Å². The molecule has 0 unspecified atom stereocenters.